The van der Waals surface area contributed by atoms with E-state index >= 15 is 0 Å². The molecule has 0 saturated heterocycles. The van der Waals surface area contributed by atoms with Gasteiger partial charge in [-0.15, -0.1) is 0 Å². The Morgan fingerprint density at radius 3 is 2.47 bits per heavy atom. The highest BCUT2D eigenvalue weighted by Gasteiger charge is 2.15. The molecule has 0 heterocycles. The molecule has 0 aliphatic rings. The largest absolute Gasteiger partial charge is 0.496 e. The first-order valence-electron chi connectivity index (χ1n) is 6.84. The van der Waals surface area contributed by atoms with Crippen LogP contribution < -0.4 is 10.1 Å². The minimum absolute atomic E-state index is 0.310. The van der Waals surface area contributed by atoms with Gasteiger partial charge in [0.25, 0.3) is 0 Å². The lowest BCUT2D eigenvalue weighted by molar-refractivity contribution is 0.218. The summed E-state index contributed by atoms with van der Waals surface area (Å²) in [5.41, 5.74) is 2.86. The van der Waals surface area contributed by atoms with Gasteiger partial charge in [-0.2, -0.15) is 0 Å². The molecular formula is C16H28N2O. The van der Waals surface area contributed by atoms with Crippen LogP contribution in [0.3, 0.4) is 0 Å². The van der Waals surface area contributed by atoms with Gasteiger partial charge in [0, 0.05) is 25.2 Å². The number of nitrogens with zero attached hydrogens (tertiary/aromatic N) is 1. The Bertz CT molecular complexity index is 396. The zero-order valence-corrected chi connectivity index (χ0v) is 13.2. The monoisotopic (exact) mass is 264 g/mol. The highest BCUT2D eigenvalue weighted by atomic mass is 16.5. The first kappa shape index (κ1) is 16.0. The Morgan fingerprint density at radius 2 is 1.95 bits per heavy atom. The van der Waals surface area contributed by atoms with E-state index in [4.69, 9.17) is 4.74 Å². The molecule has 0 bridgehead atoms. The number of nitrogens with one attached hydrogen (secondary N) is 1. The minimum atomic E-state index is 0.310. The molecule has 108 valence electrons. The Kier molecular flexibility index (Phi) is 5.83. The second-order valence-corrected chi connectivity index (χ2v) is 6.41. The lowest BCUT2D eigenvalue weighted by Crippen LogP contribution is -2.29. The molecule has 0 unspecified atom stereocenters. The lowest BCUT2D eigenvalue weighted by Gasteiger charge is -2.27. The summed E-state index contributed by atoms with van der Waals surface area (Å²) >= 11 is 0. The van der Waals surface area contributed by atoms with Crippen LogP contribution in [0.25, 0.3) is 0 Å². The topological polar surface area (TPSA) is 24.5 Å². The number of ether oxygens (including phenoxy) is 1. The first-order valence-corrected chi connectivity index (χ1v) is 6.84. The van der Waals surface area contributed by atoms with E-state index < -0.39 is 0 Å². The molecule has 1 N–H and O–H groups in total. The van der Waals surface area contributed by atoms with Crippen LogP contribution >= 0.6 is 0 Å². The third-order valence-corrected chi connectivity index (χ3v) is 2.91. The zero-order chi connectivity index (χ0) is 14.5. The van der Waals surface area contributed by atoms with Gasteiger partial charge in [-0.05, 0) is 37.2 Å². The number of hydrogen-bond acceptors (Lipinski definition) is 3. The molecule has 19 heavy (non-hydrogen) atoms. The fourth-order valence-corrected chi connectivity index (χ4v) is 2.43. The average molecular weight is 264 g/mol. The van der Waals surface area contributed by atoms with Gasteiger partial charge in [-0.3, -0.25) is 0 Å². The van der Waals surface area contributed by atoms with Gasteiger partial charge in [0.05, 0.1) is 7.11 Å². The molecule has 3 heteroatoms. The molecule has 0 spiro atoms. The van der Waals surface area contributed by atoms with Crippen LogP contribution in [0.4, 0.5) is 0 Å². The van der Waals surface area contributed by atoms with Gasteiger partial charge < -0.3 is 15.0 Å². The molecule has 0 amide bonds. The highest BCUT2D eigenvalue weighted by Crippen LogP contribution is 2.23. The maximum atomic E-state index is 5.46. The molecule has 0 fully saturated rings. The summed E-state index contributed by atoms with van der Waals surface area (Å²) in [6.07, 6.45) is 0. The van der Waals surface area contributed by atoms with Crippen LogP contribution in [-0.2, 0) is 13.1 Å². The van der Waals surface area contributed by atoms with Gasteiger partial charge in [0.2, 0.25) is 0 Å². The van der Waals surface area contributed by atoms with E-state index in [9.17, 15) is 0 Å². The van der Waals surface area contributed by atoms with Gasteiger partial charge >= 0.3 is 0 Å². The normalized spacial score (nSPS) is 11.9. The predicted molar refractivity (Wildman–Crippen MR) is 81.5 cm³/mol. The van der Waals surface area contributed by atoms with Crippen molar-refractivity contribution in [3.63, 3.8) is 0 Å². The summed E-state index contributed by atoms with van der Waals surface area (Å²) in [6, 6.07) is 6.41. The summed E-state index contributed by atoms with van der Waals surface area (Å²) in [4.78, 5) is 2.35. The molecule has 1 aromatic carbocycles. The molecule has 0 aliphatic heterocycles. The smallest absolute Gasteiger partial charge is 0.123 e. The molecule has 0 saturated carbocycles. The van der Waals surface area contributed by atoms with Crippen LogP contribution in [0.5, 0.6) is 5.75 Å². The Hall–Kier alpha value is -1.06. The SMILES string of the molecule is CNCc1ccc(OC)c(CN(C)CC(C)(C)C)c1. The van der Waals surface area contributed by atoms with Crippen molar-refractivity contribution in [1.29, 1.82) is 0 Å². The van der Waals surface area contributed by atoms with Crippen LogP contribution in [0.15, 0.2) is 18.2 Å². The van der Waals surface area contributed by atoms with Crippen molar-refractivity contribution < 1.29 is 4.74 Å². The highest BCUT2D eigenvalue weighted by molar-refractivity contribution is 5.37. The van der Waals surface area contributed by atoms with Crippen LogP contribution in [-0.4, -0.2) is 32.6 Å². The van der Waals surface area contributed by atoms with Crippen molar-refractivity contribution in [2.45, 2.75) is 33.9 Å². The quantitative estimate of drug-likeness (QED) is 0.855. The molecule has 1 rings (SSSR count). The summed E-state index contributed by atoms with van der Waals surface area (Å²) in [7, 11) is 5.87. The Labute approximate surface area is 118 Å². The zero-order valence-electron chi connectivity index (χ0n) is 13.2. The third kappa shape index (κ3) is 5.62. The predicted octanol–water partition coefficient (Wildman–Crippen LogP) is 2.89. The van der Waals surface area contributed by atoms with E-state index in [1.165, 1.54) is 11.1 Å². The summed E-state index contributed by atoms with van der Waals surface area (Å²) in [5, 5.41) is 3.19. The van der Waals surface area contributed by atoms with Crippen LogP contribution in [0.2, 0.25) is 0 Å². The first-order chi connectivity index (χ1) is 8.85. The van der Waals surface area contributed by atoms with Gasteiger partial charge in [-0.1, -0.05) is 26.8 Å². The van der Waals surface area contributed by atoms with Gasteiger partial charge in [0.15, 0.2) is 0 Å². The van der Waals surface area contributed by atoms with Crippen molar-refractivity contribution >= 4 is 0 Å². The summed E-state index contributed by atoms with van der Waals surface area (Å²) in [6.45, 7) is 9.65. The van der Waals surface area contributed by atoms with Crippen LogP contribution in [0, 0.1) is 5.41 Å². The minimum Gasteiger partial charge on any atom is -0.496 e. The fraction of sp³-hybridized carbons (Fsp3) is 0.625. The maximum absolute atomic E-state index is 5.46. The molecule has 0 atom stereocenters. The molecule has 0 radical (unpaired) electrons. The number of hydrogen-bond donors (Lipinski definition) is 1. The molecule has 1 aromatic rings. The van der Waals surface area contributed by atoms with Crippen molar-refractivity contribution in [3.05, 3.63) is 29.3 Å². The van der Waals surface area contributed by atoms with Crippen molar-refractivity contribution in [3.8, 4) is 5.75 Å². The van der Waals surface area contributed by atoms with Crippen molar-refractivity contribution in [2.24, 2.45) is 5.41 Å². The van der Waals surface area contributed by atoms with Crippen LogP contribution in [0.1, 0.15) is 31.9 Å². The average Bonchev–Trinajstić information content (AvgIpc) is 2.27. The van der Waals surface area contributed by atoms with Crippen molar-refractivity contribution in [2.75, 3.05) is 27.7 Å². The van der Waals surface area contributed by atoms with E-state index in [1.807, 2.05) is 7.05 Å². The Morgan fingerprint density at radius 1 is 1.26 bits per heavy atom. The van der Waals surface area contributed by atoms with Gasteiger partial charge in [-0.25, -0.2) is 0 Å². The second-order valence-electron chi connectivity index (χ2n) is 6.41. The summed E-state index contributed by atoms with van der Waals surface area (Å²) < 4.78 is 5.46. The second kappa shape index (κ2) is 6.92. The molecular weight excluding hydrogens is 236 g/mol. The standard InChI is InChI=1S/C16H28N2O/c1-16(2,3)12-18(5)11-14-9-13(10-17-4)7-8-15(14)19-6/h7-9,17H,10-12H2,1-6H3. The maximum Gasteiger partial charge on any atom is 0.123 e. The number of rotatable bonds is 6. The van der Waals surface area contributed by atoms with E-state index in [2.05, 4.69) is 56.2 Å². The number of benzene rings is 1. The Balaban J connectivity index is 2.82. The molecule has 0 aromatic heterocycles. The van der Waals surface area contributed by atoms with Crippen molar-refractivity contribution in [1.82, 2.24) is 10.2 Å². The van der Waals surface area contributed by atoms with E-state index in [0.29, 0.717) is 5.41 Å². The molecule has 3 nitrogen and oxygen atoms in total. The fourth-order valence-electron chi connectivity index (χ4n) is 2.43. The summed E-state index contributed by atoms with van der Waals surface area (Å²) in [5.74, 6) is 0.973. The third-order valence-electron chi connectivity index (χ3n) is 2.91. The molecule has 0 aliphatic carbocycles. The van der Waals surface area contributed by atoms with Gasteiger partial charge in [0.1, 0.15) is 5.75 Å². The van der Waals surface area contributed by atoms with E-state index in [0.717, 1.165) is 25.4 Å². The lowest BCUT2D eigenvalue weighted by atomic mass is 9.96. The van der Waals surface area contributed by atoms with E-state index in [-0.39, 0.29) is 0 Å². The number of methoxy groups -OCH3 is 1. The van der Waals surface area contributed by atoms with E-state index in [1.54, 1.807) is 7.11 Å².